The van der Waals surface area contributed by atoms with Crippen molar-refractivity contribution >= 4 is 23.4 Å². The Kier molecular flexibility index (Phi) is 7.97. The van der Waals surface area contributed by atoms with Crippen LogP contribution in [0.5, 0.6) is 5.75 Å². The molecule has 1 aliphatic carbocycles. The number of benzene rings is 2. The third kappa shape index (κ3) is 6.47. The average molecular weight is 443 g/mol. The Morgan fingerprint density at radius 1 is 1.13 bits per heavy atom. The minimum Gasteiger partial charge on any atom is -0.483 e. The molecule has 166 valence electrons. The van der Waals surface area contributed by atoms with Gasteiger partial charge in [-0.1, -0.05) is 54.3 Å². The van der Waals surface area contributed by atoms with E-state index in [1.807, 2.05) is 44.2 Å². The predicted molar refractivity (Wildman–Crippen MR) is 123 cm³/mol. The second-order valence-corrected chi connectivity index (χ2v) is 8.81. The number of carbonyl (C=O) groups is 2. The molecule has 1 atom stereocenters. The molecule has 5 nitrogen and oxygen atoms in total. The molecule has 2 amide bonds. The summed E-state index contributed by atoms with van der Waals surface area (Å²) in [5.41, 5.74) is 3.02. The zero-order valence-corrected chi connectivity index (χ0v) is 19.2. The van der Waals surface area contributed by atoms with Crippen LogP contribution in [0.15, 0.2) is 42.5 Å². The predicted octanol–water partition coefficient (Wildman–Crippen LogP) is 4.81. The van der Waals surface area contributed by atoms with Crippen LogP contribution in [-0.4, -0.2) is 35.4 Å². The average Bonchev–Trinajstić information content (AvgIpc) is 3.25. The molecule has 0 radical (unpaired) electrons. The summed E-state index contributed by atoms with van der Waals surface area (Å²) in [6.45, 7) is 5.93. The van der Waals surface area contributed by atoms with Crippen molar-refractivity contribution in [2.24, 2.45) is 0 Å². The third-order valence-corrected chi connectivity index (χ3v) is 6.07. The Labute approximate surface area is 189 Å². The maximum absolute atomic E-state index is 13.1. The number of carbonyl (C=O) groups excluding carboxylic acids is 2. The van der Waals surface area contributed by atoms with Crippen molar-refractivity contribution in [3.8, 4) is 5.75 Å². The number of halogens is 1. The zero-order chi connectivity index (χ0) is 22.4. The van der Waals surface area contributed by atoms with Gasteiger partial charge in [0.15, 0.2) is 6.61 Å². The molecule has 0 unspecified atom stereocenters. The van der Waals surface area contributed by atoms with Crippen LogP contribution in [0.3, 0.4) is 0 Å². The third-order valence-electron chi connectivity index (χ3n) is 5.82. The van der Waals surface area contributed by atoms with Gasteiger partial charge in [-0.3, -0.25) is 9.59 Å². The molecule has 0 heterocycles. The first-order valence-corrected chi connectivity index (χ1v) is 11.3. The molecule has 0 bridgehead atoms. The number of nitrogens with zero attached hydrogens (tertiary/aromatic N) is 1. The van der Waals surface area contributed by atoms with Crippen molar-refractivity contribution in [3.05, 3.63) is 64.2 Å². The van der Waals surface area contributed by atoms with Gasteiger partial charge in [-0.15, -0.1) is 0 Å². The summed E-state index contributed by atoms with van der Waals surface area (Å²) in [4.78, 5) is 27.6. The second-order valence-electron chi connectivity index (χ2n) is 8.37. The number of hydrogen-bond donors (Lipinski definition) is 1. The highest BCUT2D eigenvalue weighted by molar-refractivity contribution is 6.30. The van der Waals surface area contributed by atoms with E-state index in [4.69, 9.17) is 16.3 Å². The molecular formula is C25H31ClN2O3. The topological polar surface area (TPSA) is 58.6 Å². The van der Waals surface area contributed by atoms with E-state index >= 15 is 0 Å². The molecule has 1 N–H and O–H groups in total. The SMILES string of the molecule is Cc1ccc(OCC(=O)N(Cc2ccc(Cl)cc2)[C@H](C)C(=O)NC2CCCC2)c(C)c1. The lowest BCUT2D eigenvalue weighted by atomic mass is 10.1. The summed E-state index contributed by atoms with van der Waals surface area (Å²) in [7, 11) is 0. The first kappa shape index (κ1) is 23.1. The summed E-state index contributed by atoms with van der Waals surface area (Å²) in [5.74, 6) is 0.318. The van der Waals surface area contributed by atoms with E-state index in [1.54, 1.807) is 24.0 Å². The maximum Gasteiger partial charge on any atom is 0.261 e. The van der Waals surface area contributed by atoms with E-state index in [0.29, 0.717) is 17.3 Å². The number of aryl methyl sites for hydroxylation is 2. The summed E-state index contributed by atoms with van der Waals surface area (Å²) in [6.07, 6.45) is 4.27. The fraction of sp³-hybridized carbons (Fsp3) is 0.440. The first-order valence-electron chi connectivity index (χ1n) is 10.9. The van der Waals surface area contributed by atoms with Crippen molar-refractivity contribution < 1.29 is 14.3 Å². The van der Waals surface area contributed by atoms with Crippen LogP contribution in [0, 0.1) is 13.8 Å². The van der Waals surface area contributed by atoms with Crippen molar-refractivity contribution in [1.82, 2.24) is 10.2 Å². The van der Waals surface area contributed by atoms with Gasteiger partial charge in [-0.05, 0) is 62.9 Å². The molecule has 0 aromatic heterocycles. The Hall–Kier alpha value is -2.53. The van der Waals surface area contributed by atoms with Gasteiger partial charge in [0.1, 0.15) is 11.8 Å². The zero-order valence-electron chi connectivity index (χ0n) is 18.5. The van der Waals surface area contributed by atoms with E-state index in [9.17, 15) is 9.59 Å². The lowest BCUT2D eigenvalue weighted by Crippen LogP contribution is -2.50. The standard InChI is InChI=1S/C25H31ClN2O3/c1-17-8-13-23(18(2)14-17)31-16-24(29)28(15-20-9-11-21(26)12-10-20)19(3)25(30)27-22-6-4-5-7-22/h8-14,19,22H,4-7,15-16H2,1-3H3,(H,27,30)/t19-/m1/s1. The number of ether oxygens (including phenoxy) is 1. The number of hydrogen-bond acceptors (Lipinski definition) is 3. The van der Waals surface area contributed by atoms with E-state index < -0.39 is 6.04 Å². The van der Waals surface area contributed by atoms with Crippen LogP contribution in [0.25, 0.3) is 0 Å². The summed E-state index contributed by atoms with van der Waals surface area (Å²) >= 11 is 6.00. The van der Waals surface area contributed by atoms with Crippen LogP contribution in [-0.2, 0) is 16.1 Å². The lowest BCUT2D eigenvalue weighted by molar-refractivity contribution is -0.142. The molecule has 2 aromatic carbocycles. The molecule has 31 heavy (non-hydrogen) atoms. The summed E-state index contributed by atoms with van der Waals surface area (Å²) < 4.78 is 5.81. The van der Waals surface area contributed by atoms with Gasteiger partial charge in [0.25, 0.3) is 5.91 Å². The minimum absolute atomic E-state index is 0.124. The van der Waals surface area contributed by atoms with Crippen LogP contribution < -0.4 is 10.1 Å². The number of rotatable bonds is 8. The highest BCUT2D eigenvalue weighted by atomic mass is 35.5. The molecule has 6 heteroatoms. The van der Waals surface area contributed by atoms with Gasteiger partial charge in [-0.25, -0.2) is 0 Å². The van der Waals surface area contributed by atoms with Crippen LogP contribution in [0.2, 0.25) is 5.02 Å². The smallest absolute Gasteiger partial charge is 0.261 e. The normalized spacial score (nSPS) is 14.8. The second kappa shape index (κ2) is 10.7. The minimum atomic E-state index is -0.605. The van der Waals surface area contributed by atoms with E-state index in [1.165, 1.54) is 0 Å². The van der Waals surface area contributed by atoms with Gasteiger partial charge in [0.2, 0.25) is 5.91 Å². The molecule has 1 saturated carbocycles. The molecular weight excluding hydrogens is 412 g/mol. The van der Waals surface area contributed by atoms with Crippen LogP contribution >= 0.6 is 11.6 Å². The van der Waals surface area contributed by atoms with Crippen molar-refractivity contribution in [2.75, 3.05) is 6.61 Å². The Balaban J connectivity index is 1.72. The highest BCUT2D eigenvalue weighted by Crippen LogP contribution is 2.21. The summed E-state index contributed by atoms with van der Waals surface area (Å²) in [5, 5.41) is 3.73. The quantitative estimate of drug-likeness (QED) is 0.638. The number of amides is 2. The highest BCUT2D eigenvalue weighted by Gasteiger charge is 2.28. The monoisotopic (exact) mass is 442 g/mol. The van der Waals surface area contributed by atoms with E-state index in [-0.39, 0.29) is 24.5 Å². The summed E-state index contributed by atoms with van der Waals surface area (Å²) in [6, 6.07) is 12.8. The van der Waals surface area contributed by atoms with Gasteiger partial charge in [0.05, 0.1) is 0 Å². The molecule has 1 fully saturated rings. The maximum atomic E-state index is 13.1. The van der Waals surface area contributed by atoms with Gasteiger partial charge < -0.3 is 15.0 Å². The Morgan fingerprint density at radius 3 is 2.45 bits per heavy atom. The van der Waals surface area contributed by atoms with Gasteiger partial charge >= 0.3 is 0 Å². The molecule has 1 aliphatic rings. The fourth-order valence-corrected chi connectivity index (χ4v) is 4.07. The van der Waals surface area contributed by atoms with E-state index in [2.05, 4.69) is 5.32 Å². The van der Waals surface area contributed by atoms with E-state index in [0.717, 1.165) is 42.4 Å². The molecule has 3 rings (SSSR count). The first-order chi connectivity index (χ1) is 14.8. The van der Waals surface area contributed by atoms with Crippen LogP contribution in [0.1, 0.15) is 49.3 Å². The largest absolute Gasteiger partial charge is 0.483 e. The lowest BCUT2D eigenvalue weighted by Gasteiger charge is -2.29. The molecule has 2 aromatic rings. The van der Waals surface area contributed by atoms with Crippen LogP contribution in [0.4, 0.5) is 0 Å². The van der Waals surface area contributed by atoms with Crippen molar-refractivity contribution in [2.45, 2.75) is 65.1 Å². The molecule has 0 saturated heterocycles. The Morgan fingerprint density at radius 2 is 1.81 bits per heavy atom. The van der Waals surface area contributed by atoms with Crippen molar-refractivity contribution in [3.63, 3.8) is 0 Å². The molecule has 0 spiro atoms. The Bertz CT molecular complexity index is 907. The van der Waals surface area contributed by atoms with Gasteiger partial charge in [0, 0.05) is 17.6 Å². The fourth-order valence-electron chi connectivity index (χ4n) is 3.94. The van der Waals surface area contributed by atoms with Gasteiger partial charge in [-0.2, -0.15) is 0 Å². The molecule has 0 aliphatic heterocycles. The number of nitrogens with one attached hydrogen (secondary N) is 1. The van der Waals surface area contributed by atoms with Crippen molar-refractivity contribution in [1.29, 1.82) is 0 Å².